The van der Waals surface area contributed by atoms with Crippen LogP contribution in [0.3, 0.4) is 0 Å². The lowest BCUT2D eigenvalue weighted by Crippen LogP contribution is -2.41. The van der Waals surface area contributed by atoms with Gasteiger partial charge in [-0.3, -0.25) is 0 Å². The third kappa shape index (κ3) is 7.21. The van der Waals surface area contributed by atoms with Crippen molar-refractivity contribution < 1.29 is 28.3 Å². The third-order valence-corrected chi connectivity index (χ3v) is 4.00. The second-order valence-electron chi connectivity index (χ2n) is 6.77. The molecule has 7 heteroatoms. The maximum Gasteiger partial charge on any atom is 0.360 e. The number of aromatic nitrogens is 1. The lowest BCUT2D eigenvalue weighted by Gasteiger charge is -2.34. The summed E-state index contributed by atoms with van der Waals surface area (Å²) in [5.41, 5.74) is 0.890. The van der Waals surface area contributed by atoms with Crippen molar-refractivity contribution in [3.63, 3.8) is 0 Å². The molecule has 0 saturated carbocycles. The zero-order valence-corrected chi connectivity index (χ0v) is 18.2. The topological polar surface area (TPSA) is 80.0 Å². The zero-order chi connectivity index (χ0) is 22.0. The predicted octanol–water partition coefficient (Wildman–Crippen LogP) is 4.06. The van der Waals surface area contributed by atoms with E-state index in [1.165, 1.54) is 6.07 Å². The van der Waals surface area contributed by atoms with E-state index in [2.05, 4.69) is 17.0 Å². The Balaban J connectivity index is 0.00000155. The van der Waals surface area contributed by atoms with Crippen LogP contribution >= 0.6 is 0 Å². The molecule has 0 atom stereocenters. The van der Waals surface area contributed by atoms with Crippen LogP contribution < -0.4 is 4.74 Å². The van der Waals surface area contributed by atoms with Gasteiger partial charge in [-0.1, -0.05) is 24.9 Å². The maximum atomic E-state index is 11.6. The second kappa shape index (κ2) is 11.4. The molecule has 1 aromatic heterocycles. The summed E-state index contributed by atoms with van der Waals surface area (Å²) in [6.07, 6.45) is 0. The van der Waals surface area contributed by atoms with Crippen LogP contribution in [-0.2, 0) is 14.2 Å². The van der Waals surface area contributed by atoms with Gasteiger partial charge in [-0.2, -0.15) is 0 Å². The SMILES string of the molecule is CC.CCOC(=O)c1cc(C#Cc2ccc(OCC3COC(C)(C)OC3)cc2)on1. The third-order valence-electron chi connectivity index (χ3n) is 4.00. The minimum absolute atomic E-state index is 0.106. The van der Waals surface area contributed by atoms with Crippen LogP contribution in [-0.4, -0.2) is 43.3 Å². The number of hydrogen-bond donors (Lipinski definition) is 0. The Morgan fingerprint density at radius 2 is 1.83 bits per heavy atom. The Kier molecular flexibility index (Phi) is 8.90. The van der Waals surface area contributed by atoms with Gasteiger partial charge in [-0.15, -0.1) is 0 Å². The van der Waals surface area contributed by atoms with Crippen molar-refractivity contribution >= 4 is 5.97 Å². The number of hydrogen-bond acceptors (Lipinski definition) is 7. The normalized spacial score (nSPS) is 15.2. The fourth-order valence-electron chi connectivity index (χ4n) is 2.44. The molecule has 1 fully saturated rings. The summed E-state index contributed by atoms with van der Waals surface area (Å²) in [6, 6.07) is 8.85. The zero-order valence-electron chi connectivity index (χ0n) is 18.2. The lowest BCUT2D eigenvalue weighted by molar-refractivity contribution is -0.264. The van der Waals surface area contributed by atoms with Crippen molar-refractivity contribution in [1.29, 1.82) is 0 Å². The summed E-state index contributed by atoms with van der Waals surface area (Å²) in [5, 5.41) is 3.65. The van der Waals surface area contributed by atoms with Gasteiger partial charge in [0.05, 0.1) is 26.4 Å². The highest BCUT2D eigenvalue weighted by Crippen LogP contribution is 2.21. The molecule has 0 amide bonds. The number of carbonyl (C=O) groups is 1. The number of benzene rings is 1. The largest absolute Gasteiger partial charge is 0.493 e. The van der Waals surface area contributed by atoms with E-state index in [-0.39, 0.29) is 18.2 Å². The van der Waals surface area contributed by atoms with E-state index in [0.717, 1.165) is 11.3 Å². The van der Waals surface area contributed by atoms with Crippen molar-refractivity contribution in [2.75, 3.05) is 26.4 Å². The quantitative estimate of drug-likeness (QED) is 0.538. The number of rotatable bonds is 5. The molecule has 1 aliphatic heterocycles. The van der Waals surface area contributed by atoms with Gasteiger partial charge >= 0.3 is 5.97 Å². The van der Waals surface area contributed by atoms with Gasteiger partial charge in [0.15, 0.2) is 11.5 Å². The summed E-state index contributed by atoms with van der Waals surface area (Å²) < 4.78 is 26.9. The van der Waals surface area contributed by atoms with Crippen molar-refractivity contribution in [3.8, 4) is 17.6 Å². The van der Waals surface area contributed by atoms with Gasteiger partial charge < -0.3 is 23.5 Å². The fourth-order valence-corrected chi connectivity index (χ4v) is 2.44. The van der Waals surface area contributed by atoms with Gasteiger partial charge in [0.2, 0.25) is 5.76 Å². The average molecular weight is 415 g/mol. The maximum absolute atomic E-state index is 11.6. The van der Waals surface area contributed by atoms with Crippen LogP contribution in [0.1, 0.15) is 56.4 Å². The standard InChI is InChI=1S/C21H23NO6.C2H6/c1-4-24-20(23)19-11-18(28-22-19)10-7-15-5-8-17(9-6-15)25-12-16-13-26-21(2,3)27-14-16;1-2/h5-6,8-9,11,16H,4,12-14H2,1-3H3;1-2H3. The summed E-state index contributed by atoms with van der Waals surface area (Å²) in [6.45, 7) is 11.6. The van der Waals surface area contributed by atoms with Crippen LogP contribution in [0.2, 0.25) is 0 Å². The van der Waals surface area contributed by atoms with E-state index in [1.807, 2.05) is 52.0 Å². The molecule has 1 saturated heterocycles. The molecular formula is C23H29NO6. The minimum Gasteiger partial charge on any atom is -0.493 e. The van der Waals surface area contributed by atoms with E-state index in [1.54, 1.807) is 6.92 Å². The predicted molar refractivity (Wildman–Crippen MR) is 111 cm³/mol. The van der Waals surface area contributed by atoms with E-state index in [0.29, 0.717) is 25.6 Å². The molecule has 0 spiro atoms. The molecule has 0 unspecified atom stereocenters. The molecule has 2 heterocycles. The van der Waals surface area contributed by atoms with E-state index in [9.17, 15) is 4.79 Å². The summed E-state index contributed by atoms with van der Waals surface area (Å²) in [7, 11) is 0. The molecular weight excluding hydrogens is 386 g/mol. The molecule has 2 aromatic rings. The highest BCUT2D eigenvalue weighted by Gasteiger charge is 2.28. The lowest BCUT2D eigenvalue weighted by atomic mass is 10.1. The molecule has 30 heavy (non-hydrogen) atoms. The molecule has 0 N–H and O–H groups in total. The average Bonchev–Trinajstić information content (AvgIpc) is 3.23. The number of carbonyl (C=O) groups excluding carboxylic acids is 1. The van der Waals surface area contributed by atoms with Crippen LogP contribution in [0.15, 0.2) is 34.9 Å². The molecule has 7 nitrogen and oxygen atoms in total. The van der Waals surface area contributed by atoms with Crippen LogP contribution in [0.25, 0.3) is 0 Å². The molecule has 162 valence electrons. The molecule has 0 radical (unpaired) electrons. The minimum atomic E-state index is -0.530. The van der Waals surface area contributed by atoms with Crippen molar-refractivity contribution in [3.05, 3.63) is 47.3 Å². The highest BCUT2D eigenvalue weighted by molar-refractivity contribution is 5.87. The highest BCUT2D eigenvalue weighted by atomic mass is 16.7. The first-order valence-corrected chi connectivity index (χ1v) is 10.1. The first-order valence-electron chi connectivity index (χ1n) is 10.1. The van der Waals surface area contributed by atoms with Crippen LogP contribution in [0.5, 0.6) is 5.75 Å². The molecule has 1 aliphatic rings. The Bertz CT molecular complexity index is 850. The molecule has 0 aliphatic carbocycles. The number of nitrogens with zero attached hydrogens (tertiary/aromatic N) is 1. The van der Waals surface area contributed by atoms with Gasteiger partial charge in [0.1, 0.15) is 5.75 Å². The van der Waals surface area contributed by atoms with Gasteiger partial charge in [0, 0.05) is 17.5 Å². The van der Waals surface area contributed by atoms with E-state index >= 15 is 0 Å². The van der Waals surface area contributed by atoms with Gasteiger partial charge in [0.25, 0.3) is 0 Å². The summed E-state index contributed by atoms with van der Waals surface area (Å²) >= 11 is 0. The Morgan fingerprint density at radius 3 is 2.47 bits per heavy atom. The first-order chi connectivity index (χ1) is 14.4. The number of ether oxygens (including phenoxy) is 4. The van der Waals surface area contributed by atoms with E-state index < -0.39 is 11.8 Å². The monoisotopic (exact) mass is 415 g/mol. The fraction of sp³-hybridized carbons (Fsp3) is 0.478. The Morgan fingerprint density at radius 1 is 1.17 bits per heavy atom. The molecule has 1 aromatic carbocycles. The second-order valence-corrected chi connectivity index (χ2v) is 6.77. The van der Waals surface area contributed by atoms with Crippen LogP contribution in [0.4, 0.5) is 0 Å². The smallest absolute Gasteiger partial charge is 0.360 e. The van der Waals surface area contributed by atoms with Crippen molar-refractivity contribution in [1.82, 2.24) is 5.16 Å². The molecule has 0 bridgehead atoms. The van der Waals surface area contributed by atoms with Gasteiger partial charge in [-0.05, 0) is 51.0 Å². The van der Waals surface area contributed by atoms with Crippen molar-refractivity contribution in [2.45, 2.75) is 40.4 Å². The molecule has 3 rings (SSSR count). The first kappa shape index (κ1) is 23.5. The Hall–Kier alpha value is -2.82. The van der Waals surface area contributed by atoms with Gasteiger partial charge in [-0.25, -0.2) is 4.79 Å². The van der Waals surface area contributed by atoms with E-state index in [4.69, 9.17) is 23.5 Å². The number of esters is 1. The summed E-state index contributed by atoms with van der Waals surface area (Å²) in [5.74, 6) is 5.98. The van der Waals surface area contributed by atoms with Crippen LogP contribution in [0, 0.1) is 17.8 Å². The Labute approximate surface area is 177 Å². The van der Waals surface area contributed by atoms with Crippen molar-refractivity contribution in [2.24, 2.45) is 5.92 Å². The summed E-state index contributed by atoms with van der Waals surface area (Å²) in [4.78, 5) is 11.6.